The summed E-state index contributed by atoms with van der Waals surface area (Å²) in [5, 5.41) is 0. The van der Waals surface area contributed by atoms with E-state index >= 15 is 0 Å². The second-order valence-electron chi connectivity index (χ2n) is 4.15. The predicted octanol–water partition coefficient (Wildman–Crippen LogP) is 2.47. The van der Waals surface area contributed by atoms with Crippen LogP contribution in [0.2, 0.25) is 0 Å². The summed E-state index contributed by atoms with van der Waals surface area (Å²) in [6.07, 6.45) is 0. The van der Waals surface area contributed by atoms with Gasteiger partial charge in [-0.05, 0) is 21.0 Å². The summed E-state index contributed by atoms with van der Waals surface area (Å²) < 4.78 is 0. The molecule has 88 valence electrons. The largest absolute Gasteiger partial charge is 0.309 e. The van der Waals surface area contributed by atoms with Crippen molar-refractivity contribution in [3.05, 3.63) is 35.4 Å². The highest BCUT2D eigenvalue weighted by Gasteiger charge is 2.05. The third-order valence-electron chi connectivity index (χ3n) is 2.29. The Morgan fingerprint density at radius 1 is 1.25 bits per heavy atom. The van der Waals surface area contributed by atoms with Crippen molar-refractivity contribution in [1.82, 2.24) is 4.90 Å². The lowest BCUT2D eigenvalue weighted by molar-refractivity contribution is 0.102. The zero-order chi connectivity index (χ0) is 12.0. The van der Waals surface area contributed by atoms with Crippen molar-refractivity contribution >= 4 is 17.5 Å². The molecule has 0 amide bonds. The van der Waals surface area contributed by atoms with Crippen LogP contribution >= 0.6 is 11.8 Å². The summed E-state index contributed by atoms with van der Waals surface area (Å²) >= 11 is 1.70. The molecule has 0 unspecified atom stereocenters. The Hall–Kier alpha value is -0.800. The molecule has 0 spiro atoms. The van der Waals surface area contributed by atoms with Gasteiger partial charge in [0, 0.05) is 17.9 Å². The highest BCUT2D eigenvalue weighted by molar-refractivity contribution is 8.00. The van der Waals surface area contributed by atoms with E-state index in [0.717, 1.165) is 17.9 Å². The minimum atomic E-state index is 0.226. The molecule has 0 saturated heterocycles. The Balaban J connectivity index is 2.32. The molecule has 0 atom stereocenters. The molecule has 1 aromatic carbocycles. The van der Waals surface area contributed by atoms with E-state index in [9.17, 15) is 4.79 Å². The molecule has 0 aliphatic carbocycles. The van der Waals surface area contributed by atoms with E-state index < -0.39 is 0 Å². The molecule has 2 nitrogen and oxygen atoms in total. The van der Waals surface area contributed by atoms with E-state index in [2.05, 4.69) is 4.90 Å². The monoisotopic (exact) mass is 237 g/mol. The number of thioether (sulfide) groups is 1. The predicted molar refractivity (Wildman–Crippen MR) is 71.4 cm³/mol. The van der Waals surface area contributed by atoms with Gasteiger partial charge >= 0.3 is 0 Å². The van der Waals surface area contributed by atoms with Crippen LogP contribution in [0.3, 0.4) is 0 Å². The molecule has 0 radical (unpaired) electrons. The van der Waals surface area contributed by atoms with Gasteiger partial charge in [-0.15, -0.1) is 0 Å². The van der Waals surface area contributed by atoms with Crippen LogP contribution in [0.4, 0.5) is 0 Å². The fraction of sp³-hybridized carbons (Fsp3) is 0.462. The van der Waals surface area contributed by atoms with Gasteiger partial charge in [-0.25, -0.2) is 0 Å². The molecule has 0 aliphatic rings. The normalized spacial score (nSPS) is 10.8. The van der Waals surface area contributed by atoms with Crippen LogP contribution in [-0.4, -0.2) is 42.8 Å². The molecule has 0 saturated carbocycles. The van der Waals surface area contributed by atoms with E-state index in [-0.39, 0.29) is 5.78 Å². The quantitative estimate of drug-likeness (QED) is 0.560. The van der Waals surface area contributed by atoms with Crippen LogP contribution in [0.5, 0.6) is 0 Å². The first-order valence-corrected chi connectivity index (χ1v) is 6.57. The number of carbonyl (C=O) groups excluding carboxylic acids is 1. The third-order valence-corrected chi connectivity index (χ3v) is 3.23. The first-order valence-electron chi connectivity index (χ1n) is 5.42. The highest BCUT2D eigenvalue weighted by Crippen LogP contribution is 2.08. The number of ketones is 1. The Bertz CT molecular complexity index is 332. The van der Waals surface area contributed by atoms with Gasteiger partial charge < -0.3 is 4.90 Å². The lowest BCUT2D eigenvalue weighted by atomic mass is 10.1. The molecule has 0 aromatic heterocycles. The third kappa shape index (κ3) is 4.81. The minimum absolute atomic E-state index is 0.226. The van der Waals surface area contributed by atoms with Crippen LogP contribution in [0.15, 0.2) is 24.3 Å². The molecule has 0 N–H and O–H groups in total. The van der Waals surface area contributed by atoms with Gasteiger partial charge in [0.15, 0.2) is 5.78 Å². The number of hydrogen-bond donors (Lipinski definition) is 0. The van der Waals surface area contributed by atoms with Crippen LogP contribution in [0.25, 0.3) is 0 Å². The number of nitrogens with zero attached hydrogens (tertiary/aromatic N) is 1. The molecule has 3 heteroatoms. The number of hydrogen-bond acceptors (Lipinski definition) is 3. The van der Waals surface area contributed by atoms with Crippen LogP contribution < -0.4 is 0 Å². The molecular formula is C13H19NOS. The molecular weight excluding hydrogens is 218 g/mol. The number of carbonyl (C=O) groups is 1. The van der Waals surface area contributed by atoms with Gasteiger partial charge in [0.05, 0.1) is 5.75 Å². The fourth-order valence-corrected chi connectivity index (χ4v) is 2.23. The van der Waals surface area contributed by atoms with E-state index in [1.54, 1.807) is 11.8 Å². The molecule has 0 bridgehead atoms. The second kappa shape index (κ2) is 6.71. The first kappa shape index (κ1) is 13.3. The Labute approximate surface area is 102 Å². The summed E-state index contributed by atoms with van der Waals surface area (Å²) in [5.41, 5.74) is 2.01. The van der Waals surface area contributed by atoms with Gasteiger partial charge in [0.2, 0.25) is 0 Å². The second-order valence-corrected chi connectivity index (χ2v) is 5.25. The average molecular weight is 237 g/mol. The smallest absolute Gasteiger partial charge is 0.172 e. The zero-order valence-electron chi connectivity index (χ0n) is 10.2. The van der Waals surface area contributed by atoms with E-state index in [1.165, 1.54) is 5.56 Å². The van der Waals surface area contributed by atoms with Crippen molar-refractivity contribution in [1.29, 1.82) is 0 Å². The number of aryl methyl sites for hydroxylation is 1. The summed E-state index contributed by atoms with van der Waals surface area (Å²) in [7, 11) is 4.09. The average Bonchev–Trinajstić information content (AvgIpc) is 2.25. The van der Waals surface area contributed by atoms with Crippen molar-refractivity contribution < 1.29 is 4.79 Å². The fourth-order valence-electron chi connectivity index (χ4n) is 1.23. The van der Waals surface area contributed by atoms with Gasteiger partial charge in [-0.2, -0.15) is 11.8 Å². The Morgan fingerprint density at radius 2 is 1.88 bits per heavy atom. The number of rotatable bonds is 6. The SMILES string of the molecule is Cc1ccc(C(=O)CSCCN(C)C)cc1. The Morgan fingerprint density at radius 3 is 2.44 bits per heavy atom. The molecule has 1 rings (SSSR count). The van der Waals surface area contributed by atoms with Crippen molar-refractivity contribution in [2.24, 2.45) is 0 Å². The zero-order valence-corrected chi connectivity index (χ0v) is 11.0. The number of benzene rings is 1. The molecule has 0 heterocycles. The topological polar surface area (TPSA) is 20.3 Å². The summed E-state index contributed by atoms with van der Waals surface area (Å²) in [6.45, 7) is 3.05. The van der Waals surface area contributed by atoms with Crippen LogP contribution in [0, 0.1) is 6.92 Å². The summed E-state index contributed by atoms with van der Waals surface area (Å²) in [6, 6.07) is 7.78. The van der Waals surface area contributed by atoms with E-state index in [4.69, 9.17) is 0 Å². The van der Waals surface area contributed by atoms with E-state index in [1.807, 2.05) is 45.3 Å². The maximum atomic E-state index is 11.8. The summed E-state index contributed by atoms with van der Waals surface area (Å²) in [5.74, 6) is 1.81. The summed E-state index contributed by atoms with van der Waals surface area (Å²) in [4.78, 5) is 13.9. The maximum absolute atomic E-state index is 11.8. The van der Waals surface area contributed by atoms with E-state index in [0.29, 0.717) is 5.75 Å². The molecule has 0 aliphatic heterocycles. The van der Waals surface area contributed by atoms with Gasteiger partial charge in [-0.1, -0.05) is 29.8 Å². The minimum Gasteiger partial charge on any atom is -0.309 e. The van der Waals surface area contributed by atoms with Gasteiger partial charge in [0.25, 0.3) is 0 Å². The molecule has 1 aromatic rings. The molecule has 0 fully saturated rings. The van der Waals surface area contributed by atoms with Gasteiger partial charge in [0.1, 0.15) is 0 Å². The molecule has 16 heavy (non-hydrogen) atoms. The Kier molecular flexibility index (Phi) is 5.56. The number of Topliss-reactive ketones (excluding diaryl/α,β-unsaturated/α-hetero) is 1. The van der Waals surface area contributed by atoms with Crippen LogP contribution in [-0.2, 0) is 0 Å². The van der Waals surface area contributed by atoms with Crippen molar-refractivity contribution in [2.45, 2.75) is 6.92 Å². The van der Waals surface area contributed by atoms with Crippen molar-refractivity contribution in [2.75, 3.05) is 32.1 Å². The lowest BCUT2D eigenvalue weighted by Gasteiger charge is -2.08. The lowest BCUT2D eigenvalue weighted by Crippen LogP contribution is -2.15. The standard InChI is InChI=1S/C13H19NOS/c1-11-4-6-12(7-5-11)13(15)10-16-9-8-14(2)3/h4-7H,8-10H2,1-3H3. The van der Waals surface area contributed by atoms with Crippen molar-refractivity contribution in [3.8, 4) is 0 Å². The van der Waals surface area contributed by atoms with Crippen molar-refractivity contribution in [3.63, 3.8) is 0 Å². The highest BCUT2D eigenvalue weighted by atomic mass is 32.2. The first-order chi connectivity index (χ1) is 7.59. The maximum Gasteiger partial charge on any atom is 0.172 e. The van der Waals surface area contributed by atoms with Gasteiger partial charge in [-0.3, -0.25) is 4.79 Å². The van der Waals surface area contributed by atoms with Crippen LogP contribution in [0.1, 0.15) is 15.9 Å².